The molecule has 18 heavy (non-hydrogen) atoms. The first kappa shape index (κ1) is 13.3. The average Bonchev–Trinajstić information content (AvgIpc) is 2.39. The molecule has 4 nitrogen and oxygen atoms in total. The summed E-state index contributed by atoms with van der Waals surface area (Å²) in [6.45, 7) is 1.76. The predicted molar refractivity (Wildman–Crippen MR) is 71.8 cm³/mol. The highest BCUT2D eigenvalue weighted by molar-refractivity contribution is 6.33. The normalized spacial score (nSPS) is 19.6. The summed E-state index contributed by atoms with van der Waals surface area (Å²) in [4.78, 5) is 17.8. The maximum Gasteiger partial charge on any atom is 0.255 e. The summed E-state index contributed by atoms with van der Waals surface area (Å²) >= 11 is 5.98. The Balaban J connectivity index is 1.98. The second kappa shape index (κ2) is 6.16. The van der Waals surface area contributed by atoms with Gasteiger partial charge in [-0.05, 0) is 25.5 Å². The molecule has 0 spiro atoms. The van der Waals surface area contributed by atoms with Gasteiger partial charge in [-0.15, -0.1) is 0 Å². The van der Waals surface area contributed by atoms with E-state index in [4.69, 9.17) is 11.6 Å². The summed E-state index contributed by atoms with van der Waals surface area (Å²) in [5.41, 5.74) is 0.518. The molecule has 1 unspecified atom stereocenters. The number of nitrogens with zero attached hydrogens (tertiary/aromatic N) is 2. The zero-order chi connectivity index (χ0) is 13.0. The third-order valence-corrected chi connectivity index (χ3v) is 3.56. The highest BCUT2D eigenvalue weighted by atomic mass is 35.5. The lowest BCUT2D eigenvalue weighted by atomic mass is 10.0. The summed E-state index contributed by atoms with van der Waals surface area (Å²) in [6.07, 6.45) is 6.68. The zero-order valence-electron chi connectivity index (χ0n) is 10.5. The second-order valence-corrected chi connectivity index (χ2v) is 5.10. The minimum Gasteiger partial charge on any atom is -0.340 e. The number of rotatable bonds is 3. The van der Waals surface area contributed by atoms with Crippen LogP contribution in [0.1, 0.15) is 29.6 Å². The summed E-state index contributed by atoms with van der Waals surface area (Å²) < 4.78 is 0. The molecule has 98 valence electrons. The number of piperidine rings is 1. The van der Waals surface area contributed by atoms with Crippen LogP contribution in [0.2, 0.25) is 5.02 Å². The molecule has 0 aliphatic carbocycles. The van der Waals surface area contributed by atoms with E-state index in [1.54, 1.807) is 17.2 Å². The van der Waals surface area contributed by atoms with Crippen molar-refractivity contribution >= 4 is 17.5 Å². The van der Waals surface area contributed by atoms with Crippen molar-refractivity contribution in [2.45, 2.75) is 25.3 Å². The molecule has 1 saturated heterocycles. The molecule has 1 aliphatic rings. The summed E-state index contributed by atoms with van der Waals surface area (Å²) in [7, 11) is 1.81. The minimum absolute atomic E-state index is 0.0465. The SMILES string of the molecule is CN(CC1CCCCN1)C(=O)c1ccncc1Cl. The number of carbonyl (C=O) groups excluding carboxylic acids is 1. The standard InChI is InChI=1S/C13H18ClN3O/c1-17(9-10-4-2-3-6-16-10)13(18)11-5-7-15-8-12(11)14/h5,7-8,10,16H,2-4,6,9H2,1H3. The van der Waals surface area contributed by atoms with E-state index in [1.807, 2.05) is 7.05 Å². The van der Waals surface area contributed by atoms with Gasteiger partial charge in [-0.1, -0.05) is 18.0 Å². The van der Waals surface area contributed by atoms with Gasteiger partial charge in [-0.25, -0.2) is 0 Å². The number of pyridine rings is 1. The van der Waals surface area contributed by atoms with Gasteiger partial charge >= 0.3 is 0 Å². The topological polar surface area (TPSA) is 45.2 Å². The number of likely N-dealkylation sites (N-methyl/N-ethyl adjacent to an activating group) is 1. The molecule has 2 rings (SSSR count). The van der Waals surface area contributed by atoms with Gasteiger partial charge in [0.2, 0.25) is 0 Å². The van der Waals surface area contributed by atoms with Crippen molar-refractivity contribution in [3.8, 4) is 0 Å². The molecule has 1 aliphatic heterocycles. The van der Waals surface area contributed by atoms with Crippen molar-refractivity contribution in [1.29, 1.82) is 0 Å². The maximum absolute atomic E-state index is 12.2. The highest BCUT2D eigenvalue weighted by Gasteiger charge is 2.20. The number of carbonyl (C=O) groups is 1. The van der Waals surface area contributed by atoms with Crippen molar-refractivity contribution in [2.24, 2.45) is 0 Å². The second-order valence-electron chi connectivity index (χ2n) is 4.69. The van der Waals surface area contributed by atoms with Gasteiger partial charge in [0.05, 0.1) is 10.6 Å². The lowest BCUT2D eigenvalue weighted by Gasteiger charge is -2.28. The first-order valence-electron chi connectivity index (χ1n) is 6.27. The van der Waals surface area contributed by atoms with E-state index < -0.39 is 0 Å². The molecule has 0 aromatic carbocycles. The van der Waals surface area contributed by atoms with Crippen LogP contribution in [0.4, 0.5) is 0 Å². The zero-order valence-corrected chi connectivity index (χ0v) is 11.3. The van der Waals surface area contributed by atoms with Crippen molar-refractivity contribution in [2.75, 3.05) is 20.1 Å². The number of amides is 1. The van der Waals surface area contributed by atoms with Crippen LogP contribution < -0.4 is 5.32 Å². The van der Waals surface area contributed by atoms with E-state index in [-0.39, 0.29) is 5.91 Å². The van der Waals surface area contributed by atoms with Crippen LogP contribution in [0, 0.1) is 0 Å². The largest absolute Gasteiger partial charge is 0.340 e. The number of hydrogen-bond acceptors (Lipinski definition) is 3. The van der Waals surface area contributed by atoms with Gasteiger partial charge in [0.1, 0.15) is 0 Å². The summed E-state index contributed by atoms with van der Waals surface area (Å²) in [5, 5.41) is 3.84. The third kappa shape index (κ3) is 3.21. The van der Waals surface area contributed by atoms with Crippen molar-refractivity contribution in [1.82, 2.24) is 15.2 Å². The molecule has 5 heteroatoms. The van der Waals surface area contributed by atoms with Gasteiger partial charge in [-0.3, -0.25) is 9.78 Å². The number of nitrogens with one attached hydrogen (secondary N) is 1. The fourth-order valence-electron chi connectivity index (χ4n) is 2.25. The number of halogens is 1. The van der Waals surface area contributed by atoms with Gasteiger partial charge in [0.15, 0.2) is 0 Å². The third-order valence-electron chi connectivity index (χ3n) is 3.26. The Morgan fingerprint density at radius 2 is 2.44 bits per heavy atom. The van der Waals surface area contributed by atoms with Crippen molar-refractivity contribution in [3.63, 3.8) is 0 Å². The highest BCUT2D eigenvalue weighted by Crippen LogP contribution is 2.16. The molecule has 0 saturated carbocycles. The summed E-state index contributed by atoms with van der Waals surface area (Å²) in [5.74, 6) is -0.0465. The molecule has 0 bridgehead atoms. The van der Waals surface area contributed by atoms with Gasteiger partial charge in [0.25, 0.3) is 5.91 Å². The van der Waals surface area contributed by atoms with E-state index in [0.29, 0.717) is 16.6 Å². The molecule has 1 aromatic heterocycles. The molecule has 0 radical (unpaired) electrons. The van der Waals surface area contributed by atoms with Crippen LogP contribution in [0.3, 0.4) is 0 Å². The monoisotopic (exact) mass is 267 g/mol. The molecule has 1 amide bonds. The van der Waals surface area contributed by atoms with Gasteiger partial charge in [0, 0.05) is 32.0 Å². The Kier molecular flexibility index (Phi) is 4.55. The van der Waals surface area contributed by atoms with Crippen LogP contribution in [0.5, 0.6) is 0 Å². The van der Waals surface area contributed by atoms with E-state index in [1.165, 1.54) is 19.0 Å². The van der Waals surface area contributed by atoms with Crippen LogP contribution >= 0.6 is 11.6 Å². The van der Waals surface area contributed by atoms with E-state index in [2.05, 4.69) is 10.3 Å². The first-order valence-corrected chi connectivity index (χ1v) is 6.64. The van der Waals surface area contributed by atoms with Crippen LogP contribution in [-0.4, -0.2) is 42.0 Å². The van der Waals surface area contributed by atoms with Gasteiger partial charge < -0.3 is 10.2 Å². The smallest absolute Gasteiger partial charge is 0.255 e. The Morgan fingerprint density at radius 3 is 3.11 bits per heavy atom. The fraction of sp³-hybridized carbons (Fsp3) is 0.538. The first-order chi connectivity index (χ1) is 8.68. The molecule has 1 atom stereocenters. The lowest BCUT2D eigenvalue weighted by molar-refractivity contribution is 0.0775. The minimum atomic E-state index is -0.0465. The molecule has 1 fully saturated rings. The molecule has 1 N–H and O–H groups in total. The average molecular weight is 268 g/mol. The Labute approximate surface area is 112 Å². The Morgan fingerprint density at radius 1 is 1.61 bits per heavy atom. The summed E-state index contributed by atoms with van der Waals surface area (Å²) in [6, 6.07) is 2.06. The Hall–Kier alpha value is -1.13. The Bertz CT molecular complexity index is 418. The quantitative estimate of drug-likeness (QED) is 0.911. The molecule has 1 aromatic rings. The number of aromatic nitrogens is 1. The van der Waals surface area contributed by atoms with Crippen LogP contribution in [0.15, 0.2) is 18.5 Å². The van der Waals surface area contributed by atoms with Gasteiger partial charge in [-0.2, -0.15) is 0 Å². The number of hydrogen-bond donors (Lipinski definition) is 1. The van der Waals surface area contributed by atoms with E-state index in [0.717, 1.165) is 19.5 Å². The van der Waals surface area contributed by atoms with Crippen molar-refractivity contribution in [3.05, 3.63) is 29.0 Å². The molecule has 2 heterocycles. The maximum atomic E-state index is 12.2. The lowest BCUT2D eigenvalue weighted by Crippen LogP contribution is -2.44. The van der Waals surface area contributed by atoms with E-state index in [9.17, 15) is 4.79 Å². The van der Waals surface area contributed by atoms with E-state index >= 15 is 0 Å². The van der Waals surface area contributed by atoms with Crippen LogP contribution in [-0.2, 0) is 0 Å². The fourth-order valence-corrected chi connectivity index (χ4v) is 2.45. The van der Waals surface area contributed by atoms with Crippen LogP contribution in [0.25, 0.3) is 0 Å². The molecular formula is C13H18ClN3O. The molecular weight excluding hydrogens is 250 g/mol. The predicted octanol–water partition coefficient (Wildman–Crippen LogP) is 1.95. The van der Waals surface area contributed by atoms with Crippen molar-refractivity contribution < 1.29 is 4.79 Å².